The molecule has 0 aromatic heterocycles. The van der Waals surface area contributed by atoms with Gasteiger partial charge < -0.3 is 9.47 Å². The van der Waals surface area contributed by atoms with Crippen molar-refractivity contribution in [3.05, 3.63) is 20.1 Å². The van der Waals surface area contributed by atoms with Gasteiger partial charge in [-0.1, -0.05) is 11.8 Å². The topological polar surface area (TPSA) is 67.9 Å². The van der Waals surface area contributed by atoms with E-state index in [0.717, 1.165) is 19.8 Å². The van der Waals surface area contributed by atoms with Crippen LogP contribution >= 0.6 is 46.6 Å². The quantitative estimate of drug-likeness (QED) is 0.438. The second kappa shape index (κ2) is 5.53. The number of esters is 1. The van der Waals surface area contributed by atoms with E-state index < -0.39 is 6.09 Å². The molecule has 0 aromatic carbocycles. The molecule has 0 saturated carbocycles. The molecule has 1 amide bonds. The Labute approximate surface area is 131 Å². The molecule has 6 nitrogen and oxygen atoms in total. The lowest BCUT2D eigenvalue weighted by atomic mass is 10.5. The van der Waals surface area contributed by atoms with Crippen LogP contribution in [0, 0.1) is 0 Å². The number of carbonyl (C=O) groups excluding carboxylic acids is 2. The van der Waals surface area contributed by atoms with E-state index in [9.17, 15) is 9.59 Å². The molecule has 1 N–H and O–H groups in total. The molecular weight excluding hydrogens is 340 g/mol. The van der Waals surface area contributed by atoms with Gasteiger partial charge in [0.05, 0.1) is 29.0 Å². The summed E-state index contributed by atoms with van der Waals surface area (Å²) in [7, 11) is 4.11. The summed E-state index contributed by atoms with van der Waals surface area (Å²) in [6.45, 7) is 0. The highest BCUT2D eigenvalue weighted by atomic mass is 32.2. The number of ether oxygens (including phenoxy) is 2. The molecule has 106 valence electrons. The Kier molecular flexibility index (Phi) is 3.91. The molecule has 3 heterocycles. The van der Waals surface area contributed by atoms with Crippen molar-refractivity contribution in [3.8, 4) is 0 Å². The summed E-state index contributed by atoms with van der Waals surface area (Å²) in [5.74, 6) is -0.361. The van der Waals surface area contributed by atoms with Gasteiger partial charge in [-0.3, -0.25) is 0 Å². The van der Waals surface area contributed by atoms with Crippen LogP contribution in [0.2, 0.25) is 0 Å². The van der Waals surface area contributed by atoms with Gasteiger partial charge in [-0.05, 0) is 23.9 Å². The fourth-order valence-electron chi connectivity index (χ4n) is 1.55. The lowest BCUT2D eigenvalue weighted by molar-refractivity contribution is -0.135. The van der Waals surface area contributed by atoms with Gasteiger partial charge in [0.15, 0.2) is 0 Å². The maximum Gasteiger partial charge on any atom is 0.425 e. The van der Waals surface area contributed by atoms with Crippen molar-refractivity contribution in [3.63, 3.8) is 0 Å². The number of fused-ring (bicyclic) bond motifs is 2. The van der Waals surface area contributed by atoms with Crippen LogP contribution in [-0.4, -0.2) is 40.6 Å². The molecule has 0 radical (unpaired) electrons. The number of rotatable bonds is 1. The molecule has 0 unspecified atom stereocenters. The Hall–Kier alpha value is -0.810. The van der Waals surface area contributed by atoms with Crippen LogP contribution in [0.4, 0.5) is 4.79 Å². The monoisotopic (exact) mass is 348 g/mol. The minimum atomic E-state index is -0.420. The first-order valence-corrected chi connectivity index (χ1v) is 8.55. The van der Waals surface area contributed by atoms with Crippen molar-refractivity contribution >= 4 is 68.6 Å². The maximum atomic E-state index is 11.7. The summed E-state index contributed by atoms with van der Waals surface area (Å²) >= 11 is 3.94. The third-order valence-electron chi connectivity index (χ3n) is 2.44. The zero-order valence-corrected chi connectivity index (χ0v) is 13.6. The van der Waals surface area contributed by atoms with Crippen LogP contribution in [0.5, 0.6) is 0 Å². The first kappa shape index (κ1) is 14.1. The van der Waals surface area contributed by atoms with Crippen molar-refractivity contribution in [2.24, 2.45) is 0 Å². The van der Waals surface area contributed by atoms with Crippen molar-refractivity contribution in [1.29, 1.82) is 0 Å². The number of hydrogen-bond donors (Lipinski definition) is 1. The van der Waals surface area contributed by atoms with Gasteiger partial charge in [-0.2, -0.15) is 0 Å². The predicted octanol–water partition coefficient (Wildman–Crippen LogP) is 1.93. The van der Waals surface area contributed by atoms with Crippen molar-refractivity contribution in [1.82, 2.24) is 9.03 Å². The van der Waals surface area contributed by atoms with Gasteiger partial charge >= 0.3 is 12.1 Å². The molecule has 20 heavy (non-hydrogen) atoms. The Morgan fingerprint density at radius 3 is 2.80 bits per heavy atom. The average molecular weight is 348 g/mol. The molecule has 0 atom stereocenters. The highest BCUT2D eigenvalue weighted by Crippen LogP contribution is 2.46. The summed E-state index contributed by atoms with van der Waals surface area (Å²) in [6.07, 6.45) is -0.420. The molecule has 3 aliphatic rings. The first-order valence-electron chi connectivity index (χ1n) is 5.26. The van der Waals surface area contributed by atoms with Gasteiger partial charge in [0, 0.05) is 5.41 Å². The van der Waals surface area contributed by atoms with Crippen LogP contribution in [0.3, 0.4) is 0 Å². The van der Waals surface area contributed by atoms with E-state index in [1.54, 1.807) is 0 Å². The van der Waals surface area contributed by atoms with Crippen LogP contribution < -0.4 is 4.72 Å². The van der Waals surface area contributed by atoms with E-state index in [2.05, 4.69) is 4.72 Å². The minimum Gasteiger partial charge on any atom is -0.465 e. The van der Waals surface area contributed by atoms with Gasteiger partial charge in [-0.15, -0.1) is 10.9 Å². The summed E-state index contributed by atoms with van der Waals surface area (Å²) in [5.41, 5.74) is 0. The van der Waals surface area contributed by atoms with Crippen molar-refractivity contribution in [2.75, 3.05) is 14.2 Å². The smallest absolute Gasteiger partial charge is 0.425 e. The maximum absolute atomic E-state index is 11.7. The first-order chi connectivity index (χ1) is 9.65. The molecular formula is C10H8N2O4S4. The highest BCUT2D eigenvalue weighted by Gasteiger charge is 2.37. The average Bonchev–Trinajstić information content (AvgIpc) is 3.06. The van der Waals surface area contributed by atoms with E-state index in [1.165, 1.54) is 65.1 Å². The standard InChI is InChI=1S/C10H8N2O4S4/c1-15-9(13)6-5-7(11-20-6)19-8-4(18-5)3-17-12(8)10(14)16-2/h3,11H,1-2H3. The third kappa shape index (κ3) is 2.21. The van der Waals surface area contributed by atoms with Gasteiger partial charge in [-0.25, -0.2) is 18.6 Å². The van der Waals surface area contributed by atoms with Crippen LogP contribution in [0.25, 0.3) is 0 Å². The van der Waals surface area contributed by atoms with Crippen molar-refractivity contribution in [2.45, 2.75) is 0 Å². The number of hydrogen-bond acceptors (Lipinski definition) is 8. The number of methoxy groups -OCH3 is 2. The molecule has 0 spiro atoms. The lowest BCUT2D eigenvalue weighted by Crippen LogP contribution is -2.28. The number of thioether (sulfide) groups is 1. The number of nitrogens with zero attached hydrogens (tertiary/aromatic N) is 1. The lowest BCUT2D eigenvalue weighted by Gasteiger charge is -2.17. The summed E-state index contributed by atoms with van der Waals surface area (Å²) in [5, 5.41) is 1.87. The number of carbonyl (C=O) groups is 2. The molecule has 0 bridgehead atoms. The molecule has 3 aliphatic heterocycles. The molecule has 0 aromatic rings. The van der Waals surface area contributed by atoms with E-state index in [-0.39, 0.29) is 5.97 Å². The normalized spacial score (nSPS) is 20.3. The summed E-state index contributed by atoms with van der Waals surface area (Å²) < 4.78 is 14.1. The van der Waals surface area contributed by atoms with Crippen LogP contribution in [0.1, 0.15) is 0 Å². The summed E-state index contributed by atoms with van der Waals surface area (Å²) in [6, 6.07) is 0. The van der Waals surface area contributed by atoms with Gasteiger partial charge in [0.1, 0.15) is 9.89 Å². The largest absolute Gasteiger partial charge is 0.465 e. The van der Waals surface area contributed by atoms with Gasteiger partial charge in [0.2, 0.25) is 0 Å². The fourth-order valence-corrected chi connectivity index (χ4v) is 6.17. The van der Waals surface area contributed by atoms with Crippen LogP contribution in [0.15, 0.2) is 20.1 Å². The molecule has 0 saturated heterocycles. The molecule has 0 aliphatic carbocycles. The zero-order valence-electron chi connectivity index (χ0n) is 10.3. The Morgan fingerprint density at radius 2 is 2.10 bits per heavy atom. The number of amides is 1. The Balaban J connectivity index is 2.05. The second-order valence-electron chi connectivity index (χ2n) is 3.54. The molecule has 10 heteroatoms. The fraction of sp³-hybridized carbons (Fsp3) is 0.200. The minimum absolute atomic E-state index is 0.361. The van der Waals surface area contributed by atoms with E-state index in [1.807, 2.05) is 5.41 Å². The van der Waals surface area contributed by atoms with E-state index in [4.69, 9.17) is 9.47 Å². The van der Waals surface area contributed by atoms with Crippen molar-refractivity contribution < 1.29 is 19.1 Å². The zero-order chi connectivity index (χ0) is 14.3. The third-order valence-corrected chi connectivity index (χ3v) is 7.24. The SMILES string of the molecule is COC(=O)C1=C2SC3=CSN(C(=O)OC)C3=S=C2NS1. The molecule has 3 rings (SSSR count). The number of nitrogens with one attached hydrogen (secondary N) is 1. The van der Waals surface area contributed by atoms with Crippen LogP contribution in [-0.2, 0) is 14.3 Å². The Morgan fingerprint density at radius 1 is 1.30 bits per heavy atom. The Bertz CT molecular complexity index is 648. The van der Waals surface area contributed by atoms with E-state index >= 15 is 0 Å². The van der Waals surface area contributed by atoms with Gasteiger partial charge in [0.25, 0.3) is 0 Å². The molecule has 0 fully saturated rings. The second-order valence-corrected chi connectivity index (χ2v) is 7.22. The van der Waals surface area contributed by atoms with E-state index in [0.29, 0.717) is 4.91 Å². The predicted molar refractivity (Wildman–Crippen MR) is 84.9 cm³/mol. The highest BCUT2D eigenvalue weighted by molar-refractivity contribution is 8.19. The summed E-state index contributed by atoms with van der Waals surface area (Å²) in [4.78, 5) is 27.3.